The summed E-state index contributed by atoms with van der Waals surface area (Å²) in [4.78, 5) is 12.8. The van der Waals surface area contributed by atoms with Crippen LogP contribution in [0.1, 0.15) is 17.4 Å². The smallest absolute Gasteiger partial charge is 0.348 e. The van der Waals surface area contributed by atoms with Gasteiger partial charge in [-0.2, -0.15) is 13.2 Å². The molecule has 0 N–H and O–H groups in total. The quantitative estimate of drug-likeness (QED) is 0.745. The molecule has 0 saturated heterocycles. The number of halogens is 3. The maximum absolute atomic E-state index is 12.2. The Labute approximate surface area is 97.8 Å². The van der Waals surface area contributed by atoms with Gasteiger partial charge in [-0.15, -0.1) is 0 Å². The van der Waals surface area contributed by atoms with Crippen LogP contribution in [0, 0.1) is 0 Å². The van der Waals surface area contributed by atoms with Crippen LogP contribution in [0.5, 0.6) is 0 Å². The summed E-state index contributed by atoms with van der Waals surface area (Å²) in [5.74, 6) is -0.302. The fourth-order valence-corrected chi connectivity index (χ4v) is 1.57. The maximum Gasteiger partial charge on any atom is 0.401 e. The second-order valence-corrected chi connectivity index (χ2v) is 3.85. The van der Waals surface area contributed by atoms with Crippen molar-refractivity contribution in [2.24, 2.45) is 7.05 Å². The Kier molecular flexibility index (Phi) is 4.34. The number of nitrogens with zero attached hydrogens (tertiary/aromatic N) is 2. The highest BCUT2D eigenvalue weighted by Gasteiger charge is 2.31. The molecule has 0 aliphatic carbocycles. The van der Waals surface area contributed by atoms with Crippen molar-refractivity contribution >= 4 is 5.78 Å². The van der Waals surface area contributed by atoms with Gasteiger partial charge >= 0.3 is 6.18 Å². The first-order valence-electron chi connectivity index (χ1n) is 5.27. The van der Waals surface area contributed by atoms with E-state index >= 15 is 0 Å². The van der Waals surface area contributed by atoms with Crippen molar-refractivity contribution in [3.05, 3.63) is 24.0 Å². The molecule has 0 aliphatic rings. The summed E-state index contributed by atoms with van der Waals surface area (Å²) in [5.41, 5.74) is 0.422. The molecule has 0 aliphatic heterocycles. The van der Waals surface area contributed by atoms with Gasteiger partial charge in [-0.25, -0.2) is 0 Å². The molecule has 0 atom stereocenters. The Balaban J connectivity index is 2.63. The normalized spacial score (nSPS) is 12.1. The first kappa shape index (κ1) is 13.8. The molecule has 0 amide bonds. The summed E-state index contributed by atoms with van der Waals surface area (Å²) in [6.45, 7) is 0.521. The summed E-state index contributed by atoms with van der Waals surface area (Å²) in [7, 11) is 1.69. The third kappa shape index (κ3) is 4.22. The zero-order valence-corrected chi connectivity index (χ0v) is 9.79. The van der Waals surface area contributed by atoms with E-state index in [1.165, 1.54) is 0 Å². The summed E-state index contributed by atoms with van der Waals surface area (Å²) in [6.07, 6.45) is -2.59. The number of hydrogen-bond acceptors (Lipinski definition) is 2. The molecule has 0 saturated carbocycles. The van der Waals surface area contributed by atoms with E-state index in [1.54, 1.807) is 36.9 Å². The van der Waals surface area contributed by atoms with Gasteiger partial charge in [0.15, 0.2) is 5.78 Å². The number of hydrogen-bond donors (Lipinski definition) is 0. The third-order valence-electron chi connectivity index (χ3n) is 2.45. The molecule has 1 rings (SSSR count). The molecule has 1 aromatic heterocycles. The first-order chi connectivity index (χ1) is 7.83. The molecule has 0 bridgehead atoms. The lowest BCUT2D eigenvalue weighted by Crippen LogP contribution is -2.38. The first-order valence-corrected chi connectivity index (χ1v) is 5.27. The van der Waals surface area contributed by atoms with Gasteiger partial charge in [0.05, 0.1) is 18.8 Å². The predicted octanol–water partition coefficient (Wildman–Crippen LogP) is 2.09. The van der Waals surface area contributed by atoms with Gasteiger partial charge in [0.2, 0.25) is 0 Å². The standard InChI is InChI=1S/C11H15F3N2O/c1-3-16(8-11(12,13)14)7-10(17)9-5-4-6-15(9)2/h4-6H,3,7-8H2,1-2H3. The van der Waals surface area contributed by atoms with Gasteiger partial charge in [-0.1, -0.05) is 6.92 Å². The molecule has 0 spiro atoms. The molecular weight excluding hydrogens is 233 g/mol. The Morgan fingerprint density at radius 1 is 1.47 bits per heavy atom. The molecule has 0 aromatic carbocycles. The minimum atomic E-state index is -4.27. The minimum Gasteiger partial charge on any atom is -0.348 e. The van der Waals surface area contributed by atoms with Crippen LogP contribution in [-0.4, -0.2) is 41.1 Å². The highest BCUT2D eigenvalue weighted by molar-refractivity contribution is 5.96. The number of carbonyl (C=O) groups is 1. The molecule has 0 unspecified atom stereocenters. The van der Waals surface area contributed by atoms with E-state index in [-0.39, 0.29) is 18.9 Å². The van der Waals surface area contributed by atoms with Gasteiger partial charge in [0, 0.05) is 13.2 Å². The van der Waals surface area contributed by atoms with Crippen LogP contribution in [0.15, 0.2) is 18.3 Å². The fraction of sp³-hybridized carbons (Fsp3) is 0.545. The van der Waals surface area contributed by atoms with Gasteiger partial charge in [-0.05, 0) is 18.7 Å². The Morgan fingerprint density at radius 3 is 2.53 bits per heavy atom. The van der Waals surface area contributed by atoms with Crippen LogP contribution in [0.25, 0.3) is 0 Å². The maximum atomic E-state index is 12.2. The number of aromatic nitrogens is 1. The van der Waals surface area contributed by atoms with Crippen LogP contribution in [0.2, 0.25) is 0 Å². The molecule has 6 heteroatoms. The van der Waals surface area contributed by atoms with Gasteiger partial charge in [0.1, 0.15) is 0 Å². The van der Waals surface area contributed by atoms with Crippen molar-refractivity contribution in [3.8, 4) is 0 Å². The summed E-state index contributed by atoms with van der Waals surface area (Å²) < 4.78 is 38.2. The summed E-state index contributed by atoms with van der Waals surface area (Å²) in [5, 5.41) is 0. The Morgan fingerprint density at radius 2 is 2.12 bits per heavy atom. The van der Waals surface area contributed by atoms with Crippen LogP contribution >= 0.6 is 0 Å². The van der Waals surface area contributed by atoms with Crippen LogP contribution in [-0.2, 0) is 7.05 Å². The second kappa shape index (κ2) is 5.35. The fourth-order valence-electron chi connectivity index (χ4n) is 1.57. The van der Waals surface area contributed by atoms with E-state index in [0.29, 0.717) is 5.69 Å². The van der Waals surface area contributed by atoms with Crippen LogP contribution < -0.4 is 0 Å². The molecule has 0 fully saturated rings. The number of ketones is 1. The monoisotopic (exact) mass is 248 g/mol. The largest absolute Gasteiger partial charge is 0.401 e. The molecule has 3 nitrogen and oxygen atoms in total. The second-order valence-electron chi connectivity index (χ2n) is 3.85. The summed E-state index contributed by atoms with van der Waals surface area (Å²) >= 11 is 0. The van der Waals surface area contributed by atoms with E-state index in [9.17, 15) is 18.0 Å². The van der Waals surface area contributed by atoms with Crippen LogP contribution in [0.4, 0.5) is 13.2 Å². The predicted molar refractivity (Wildman–Crippen MR) is 57.9 cm³/mol. The third-order valence-corrected chi connectivity index (χ3v) is 2.45. The molecule has 96 valence electrons. The topological polar surface area (TPSA) is 25.2 Å². The lowest BCUT2D eigenvalue weighted by molar-refractivity contribution is -0.144. The Hall–Kier alpha value is -1.30. The van der Waals surface area contributed by atoms with Crippen molar-refractivity contribution < 1.29 is 18.0 Å². The van der Waals surface area contributed by atoms with Crippen LogP contribution in [0.3, 0.4) is 0 Å². The molecule has 0 radical (unpaired) electrons. The number of likely N-dealkylation sites (N-methyl/N-ethyl adjacent to an activating group) is 1. The van der Waals surface area contributed by atoms with Gasteiger partial charge in [0.25, 0.3) is 0 Å². The SMILES string of the molecule is CCN(CC(=O)c1cccn1C)CC(F)(F)F. The lowest BCUT2D eigenvalue weighted by atomic mass is 10.2. The average Bonchev–Trinajstić information content (AvgIpc) is 2.61. The number of carbonyl (C=O) groups excluding carboxylic acids is 1. The highest BCUT2D eigenvalue weighted by Crippen LogP contribution is 2.16. The van der Waals surface area contributed by atoms with Gasteiger partial charge in [-0.3, -0.25) is 9.69 Å². The van der Waals surface area contributed by atoms with Gasteiger partial charge < -0.3 is 4.57 Å². The minimum absolute atomic E-state index is 0.190. The number of rotatable bonds is 5. The van der Waals surface area contributed by atoms with Crippen molar-refractivity contribution in [2.45, 2.75) is 13.1 Å². The van der Waals surface area contributed by atoms with E-state index in [0.717, 1.165) is 4.90 Å². The number of aryl methyl sites for hydroxylation is 1. The highest BCUT2D eigenvalue weighted by atomic mass is 19.4. The number of alkyl halides is 3. The average molecular weight is 248 g/mol. The molecule has 1 aromatic rings. The molecular formula is C11H15F3N2O. The number of Topliss-reactive ketones (excluding diaryl/α,β-unsaturated/α-hetero) is 1. The van der Waals surface area contributed by atoms with Crippen molar-refractivity contribution in [1.82, 2.24) is 9.47 Å². The zero-order chi connectivity index (χ0) is 13.1. The van der Waals surface area contributed by atoms with Crippen molar-refractivity contribution in [3.63, 3.8) is 0 Å². The van der Waals surface area contributed by atoms with Crippen molar-refractivity contribution in [1.29, 1.82) is 0 Å². The van der Waals surface area contributed by atoms with E-state index in [4.69, 9.17) is 0 Å². The summed E-state index contributed by atoms with van der Waals surface area (Å²) in [6, 6.07) is 3.29. The van der Waals surface area contributed by atoms with E-state index in [2.05, 4.69) is 0 Å². The molecule has 1 heterocycles. The molecule has 17 heavy (non-hydrogen) atoms. The zero-order valence-electron chi connectivity index (χ0n) is 9.79. The lowest BCUT2D eigenvalue weighted by Gasteiger charge is -2.21. The Bertz CT molecular complexity index is 384. The van der Waals surface area contributed by atoms with E-state index in [1.807, 2.05) is 0 Å². The van der Waals surface area contributed by atoms with E-state index < -0.39 is 12.7 Å². The van der Waals surface area contributed by atoms with Crippen molar-refractivity contribution in [2.75, 3.05) is 19.6 Å².